The van der Waals surface area contributed by atoms with E-state index >= 15 is 0 Å². The summed E-state index contributed by atoms with van der Waals surface area (Å²) < 4.78 is 16.1. The molecule has 31 heavy (non-hydrogen) atoms. The van der Waals surface area contributed by atoms with E-state index in [0.29, 0.717) is 43.3 Å². The number of hydrogen-bond acceptors (Lipinski definition) is 9. The molecule has 0 amide bonds. The van der Waals surface area contributed by atoms with Crippen molar-refractivity contribution in [3.63, 3.8) is 0 Å². The molecule has 3 aromatic heterocycles. The summed E-state index contributed by atoms with van der Waals surface area (Å²) in [5.74, 6) is 0.287. The first-order valence-corrected chi connectivity index (χ1v) is 11.0. The molecule has 1 atom stereocenters. The molecule has 1 aromatic carbocycles. The van der Waals surface area contributed by atoms with E-state index < -0.39 is 17.4 Å². The molecule has 1 saturated heterocycles. The average molecular weight is 461 g/mol. The standard InChI is InChI=1S/C19H18ClFN8OS/c1-10(26-16-15-18(24-8-23-16)31-9-25-15)17-27-14-12(21)3-2-11(20)13(14)19(30)29(17)28-6-4-22-5-7-28/h2-3,8-10,22H,4-7H2,1H3,(H,23,24,26). The molecule has 0 radical (unpaired) electrons. The molecule has 5 rings (SSSR count). The number of anilines is 1. The number of aromatic nitrogens is 5. The van der Waals surface area contributed by atoms with Crippen molar-refractivity contribution in [3.05, 3.63) is 51.0 Å². The van der Waals surface area contributed by atoms with Gasteiger partial charge in [0.25, 0.3) is 5.56 Å². The Kier molecular flexibility index (Phi) is 5.16. The second kappa shape index (κ2) is 7.98. The highest BCUT2D eigenvalue weighted by atomic mass is 35.5. The lowest BCUT2D eigenvalue weighted by Crippen LogP contribution is -2.54. The largest absolute Gasteiger partial charge is 0.358 e. The summed E-state index contributed by atoms with van der Waals surface area (Å²) >= 11 is 7.67. The zero-order chi connectivity index (χ0) is 21.5. The SMILES string of the molecule is CC(Nc1ncnc2scnc12)c1nc2c(F)ccc(Cl)c2c(=O)n1N1CCNCC1. The predicted molar refractivity (Wildman–Crippen MR) is 119 cm³/mol. The number of thiazole rings is 1. The van der Waals surface area contributed by atoms with E-state index in [9.17, 15) is 9.18 Å². The zero-order valence-electron chi connectivity index (χ0n) is 16.5. The maximum atomic E-state index is 14.6. The average Bonchev–Trinajstić information content (AvgIpc) is 3.26. The minimum absolute atomic E-state index is 0.0472. The van der Waals surface area contributed by atoms with Crippen molar-refractivity contribution in [2.75, 3.05) is 36.5 Å². The lowest BCUT2D eigenvalue weighted by Gasteiger charge is -2.33. The van der Waals surface area contributed by atoms with Gasteiger partial charge in [0.15, 0.2) is 11.6 Å². The molecule has 1 unspecified atom stereocenters. The highest BCUT2D eigenvalue weighted by molar-refractivity contribution is 7.16. The summed E-state index contributed by atoms with van der Waals surface area (Å²) in [5.41, 5.74) is 1.87. The topological polar surface area (TPSA) is 101 Å². The van der Waals surface area contributed by atoms with Crippen molar-refractivity contribution in [2.24, 2.45) is 0 Å². The first kappa shape index (κ1) is 20.0. The molecule has 0 bridgehead atoms. The lowest BCUT2D eigenvalue weighted by molar-refractivity contribution is 0.460. The van der Waals surface area contributed by atoms with Gasteiger partial charge >= 0.3 is 0 Å². The number of piperazine rings is 1. The summed E-state index contributed by atoms with van der Waals surface area (Å²) in [5, 5.41) is 8.67. The lowest BCUT2D eigenvalue weighted by atomic mass is 10.2. The molecule has 0 spiro atoms. The monoisotopic (exact) mass is 460 g/mol. The maximum Gasteiger partial charge on any atom is 0.281 e. The Bertz CT molecular complexity index is 1340. The van der Waals surface area contributed by atoms with Crippen LogP contribution in [0.5, 0.6) is 0 Å². The van der Waals surface area contributed by atoms with Gasteiger partial charge in [-0.3, -0.25) is 4.79 Å². The second-order valence-corrected chi connectivity index (χ2v) is 8.38. The third kappa shape index (κ3) is 3.48. The summed E-state index contributed by atoms with van der Waals surface area (Å²) in [6.07, 6.45) is 1.45. The van der Waals surface area contributed by atoms with Gasteiger partial charge in [-0.2, -0.15) is 0 Å². The van der Waals surface area contributed by atoms with Crippen molar-refractivity contribution in [1.82, 2.24) is 29.9 Å². The minimum Gasteiger partial charge on any atom is -0.358 e. The molecule has 9 nitrogen and oxygen atoms in total. The van der Waals surface area contributed by atoms with Crippen LogP contribution in [0.25, 0.3) is 21.3 Å². The Hall–Kier alpha value is -2.89. The van der Waals surface area contributed by atoms with Gasteiger partial charge in [0, 0.05) is 26.2 Å². The van der Waals surface area contributed by atoms with Crippen molar-refractivity contribution in [3.8, 4) is 0 Å². The highest BCUT2D eigenvalue weighted by Crippen LogP contribution is 2.27. The van der Waals surface area contributed by atoms with Gasteiger partial charge in [-0.15, -0.1) is 11.3 Å². The molecule has 0 saturated carbocycles. The first-order valence-electron chi connectivity index (χ1n) is 9.72. The normalized spacial score (nSPS) is 15.5. The van der Waals surface area contributed by atoms with Crippen LogP contribution in [0.1, 0.15) is 18.8 Å². The molecular weight excluding hydrogens is 443 g/mol. The Morgan fingerprint density at radius 3 is 2.84 bits per heavy atom. The van der Waals surface area contributed by atoms with Gasteiger partial charge in [0.2, 0.25) is 0 Å². The zero-order valence-corrected chi connectivity index (χ0v) is 18.0. The van der Waals surface area contributed by atoms with Gasteiger partial charge in [0.1, 0.15) is 28.0 Å². The van der Waals surface area contributed by atoms with Gasteiger partial charge < -0.3 is 15.6 Å². The molecule has 4 aromatic rings. The summed E-state index contributed by atoms with van der Waals surface area (Å²) in [6.45, 7) is 4.48. The van der Waals surface area contributed by atoms with Crippen LogP contribution >= 0.6 is 22.9 Å². The molecule has 1 aliphatic heterocycles. The van der Waals surface area contributed by atoms with Gasteiger partial charge in [-0.1, -0.05) is 11.6 Å². The van der Waals surface area contributed by atoms with Gasteiger partial charge in [0.05, 0.1) is 22.0 Å². The third-order valence-corrected chi connectivity index (χ3v) is 6.23. The molecule has 2 N–H and O–H groups in total. The smallest absolute Gasteiger partial charge is 0.281 e. The second-order valence-electron chi connectivity index (χ2n) is 7.14. The fourth-order valence-corrected chi connectivity index (χ4v) is 4.56. The van der Waals surface area contributed by atoms with Gasteiger partial charge in [-0.05, 0) is 19.1 Å². The van der Waals surface area contributed by atoms with E-state index in [1.807, 2.05) is 11.9 Å². The first-order chi connectivity index (χ1) is 15.0. The number of nitrogens with one attached hydrogen (secondary N) is 2. The molecule has 1 fully saturated rings. The van der Waals surface area contributed by atoms with Crippen LogP contribution in [0.15, 0.2) is 28.8 Å². The fourth-order valence-electron chi connectivity index (χ4n) is 3.70. The van der Waals surface area contributed by atoms with Crippen LogP contribution in [0.3, 0.4) is 0 Å². The molecular formula is C19H18ClFN8OS. The van der Waals surface area contributed by atoms with E-state index in [0.717, 1.165) is 4.83 Å². The van der Waals surface area contributed by atoms with E-state index in [-0.39, 0.29) is 15.9 Å². The Labute approximate surface area is 184 Å². The van der Waals surface area contributed by atoms with E-state index in [2.05, 4.69) is 30.6 Å². The Balaban J connectivity index is 1.68. The summed E-state index contributed by atoms with van der Waals surface area (Å²) in [6, 6.07) is 2.12. The van der Waals surface area contributed by atoms with E-state index in [1.54, 1.807) is 5.51 Å². The minimum atomic E-state index is -0.596. The van der Waals surface area contributed by atoms with Crippen LogP contribution in [0, 0.1) is 5.82 Å². The number of halogens is 2. The molecule has 0 aliphatic carbocycles. The van der Waals surface area contributed by atoms with Crippen molar-refractivity contribution < 1.29 is 4.39 Å². The maximum absolute atomic E-state index is 14.6. The fraction of sp³-hybridized carbons (Fsp3) is 0.316. The van der Waals surface area contributed by atoms with Crippen LogP contribution in [-0.2, 0) is 0 Å². The molecule has 4 heterocycles. The van der Waals surface area contributed by atoms with E-state index in [1.165, 1.54) is 34.5 Å². The molecule has 12 heteroatoms. The quantitative estimate of drug-likeness (QED) is 0.478. The summed E-state index contributed by atoms with van der Waals surface area (Å²) in [7, 11) is 0. The van der Waals surface area contributed by atoms with Crippen LogP contribution in [0.4, 0.5) is 10.2 Å². The van der Waals surface area contributed by atoms with Crippen LogP contribution in [-0.4, -0.2) is 50.8 Å². The number of benzene rings is 1. The van der Waals surface area contributed by atoms with Crippen LogP contribution < -0.4 is 21.2 Å². The number of rotatable bonds is 4. The predicted octanol–water partition coefficient (Wildman–Crippen LogP) is 2.30. The Morgan fingerprint density at radius 2 is 2.03 bits per heavy atom. The number of hydrogen-bond donors (Lipinski definition) is 2. The van der Waals surface area contributed by atoms with Crippen LogP contribution in [0.2, 0.25) is 5.02 Å². The van der Waals surface area contributed by atoms with Gasteiger partial charge in [-0.25, -0.2) is 29.0 Å². The molecule has 1 aliphatic rings. The third-order valence-electron chi connectivity index (χ3n) is 5.18. The number of nitrogens with zero attached hydrogens (tertiary/aromatic N) is 6. The molecule has 160 valence electrons. The van der Waals surface area contributed by atoms with Crippen molar-refractivity contribution >= 4 is 50.0 Å². The summed E-state index contributed by atoms with van der Waals surface area (Å²) in [4.78, 5) is 31.6. The van der Waals surface area contributed by atoms with E-state index in [4.69, 9.17) is 11.6 Å². The highest BCUT2D eigenvalue weighted by Gasteiger charge is 2.25. The number of fused-ring (bicyclic) bond motifs is 2. The van der Waals surface area contributed by atoms with Crippen molar-refractivity contribution in [2.45, 2.75) is 13.0 Å². The van der Waals surface area contributed by atoms with Crippen molar-refractivity contribution in [1.29, 1.82) is 0 Å². The Morgan fingerprint density at radius 1 is 1.23 bits per heavy atom.